The van der Waals surface area contributed by atoms with Crippen LogP contribution in [0.4, 0.5) is 5.00 Å². The van der Waals surface area contributed by atoms with Gasteiger partial charge in [0.25, 0.3) is 0 Å². The van der Waals surface area contributed by atoms with Crippen LogP contribution in [0, 0.1) is 6.92 Å². The Balaban J connectivity index is 2.17. The van der Waals surface area contributed by atoms with Gasteiger partial charge in [0.1, 0.15) is 5.00 Å². The molecule has 21 heavy (non-hydrogen) atoms. The summed E-state index contributed by atoms with van der Waals surface area (Å²) in [5.74, 6) is -0.329. The minimum Gasteiger partial charge on any atom is -0.465 e. The third-order valence-corrected chi connectivity index (χ3v) is 5.19. The van der Waals surface area contributed by atoms with Crippen LogP contribution in [0.25, 0.3) is 0 Å². The van der Waals surface area contributed by atoms with Crippen LogP contribution < -0.4 is 5.32 Å². The molecule has 6 heteroatoms. The minimum absolute atomic E-state index is 0.329. The zero-order valence-corrected chi connectivity index (χ0v) is 14.6. The molecule has 1 saturated heterocycles. The van der Waals surface area contributed by atoms with Crippen molar-refractivity contribution in [2.75, 3.05) is 12.4 Å². The first-order valence-corrected chi connectivity index (χ1v) is 8.44. The molecule has 0 radical (unpaired) electrons. The SMILES string of the molecule is COC(=O)c1cc(C)sc1NC(=S)N1[C@H](C)CCC[C@@H]1C. The van der Waals surface area contributed by atoms with E-state index in [0.29, 0.717) is 22.8 Å². The molecule has 1 aliphatic heterocycles. The number of piperidine rings is 1. The number of methoxy groups -OCH3 is 1. The maximum absolute atomic E-state index is 11.8. The molecule has 0 aromatic carbocycles. The molecule has 0 spiro atoms. The molecule has 2 atom stereocenters. The van der Waals surface area contributed by atoms with Gasteiger partial charge in [-0.3, -0.25) is 0 Å². The first kappa shape index (κ1) is 16.2. The third-order valence-electron chi connectivity index (χ3n) is 3.91. The number of carbonyl (C=O) groups is 1. The summed E-state index contributed by atoms with van der Waals surface area (Å²) in [5.41, 5.74) is 0.555. The van der Waals surface area contributed by atoms with Crippen molar-refractivity contribution in [2.45, 2.75) is 52.1 Å². The lowest BCUT2D eigenvalue weighted by Crippen LogP contribution is -2.49. The number of esters is 1. The van der Waals surface area contributed by atoms with Gasteiger partial charge in [0.15, 0.2) is 5.11 Å². The van der Waals surface area contributed by atoms with E-state index in [2.05, 4.69) is 24.1 Å². The van der Waals surface area contributed by atoms with Crippen molar-refractivity contribution < 1.29 is 9.53 Å². The molecular formula is C15H22N2O2S2. The molecule has 116 valence electrons. The molecular weight excluding hydrogens is 304 g/mol. The number of thiocarbonyl (C=S) groups is 1. The fraction of sp³-hybridized carbons (Fsp3) is 0.600. The van der Waals surface area contributed by atoms with Gasteiger partial charge in [-0.1, -0.05) is 0 Å². The van der Waals surface area contributed by atoms with Gasteiger partial charge in [-0.2, -0.15) is 0 Å². The molecule has 2 heterocycles. The Morgan fingerprint density at radius 3 is 2.62 bits per heavy atom. The van der Waals surface area contributed by atoms with Gasteiger partial charge in [-0.15, -0.1) is 11.3 Å². The highest BCUT2D eigenvalue weighted by atomic mass is 32.1. The Hall–Kier alpha value is -1.14. The molecule has 2 rings (SSSR count). The Morgan fingerprint density at radius 1 is 1.43 bits per heavy atom. The summed E-state index contributed by atoms with van der Waals surface area (Å²) >= 11 is 7.10. The molecule has 0 aliphatic carbocycles. The second-order valence-corrected chi connectivity index (χ2v) is 7.20. The van der Waals surface area contributed by atoms with Crippen molar-refractivity contribution in [1.82, 2.24) is 4.90 Å². The zero-order chi connectivity index (χ0) is 15.6. The highest BCUT2D eigenvalue weighted by Crippen LogP contribution is 2.30. The molecule has 0 amide bonds. The fourth-order valence-corrected chi connectivity index (χ4v) is 4.28. The first-order chi connectivity index (χ1) is 9.93. The highest BCUT2D eigenvalue weighted by Gasteiger charge is 2.27. The van der Waals surface area contributed by atoms with Crippen molar-refractivity contribution in [2.24, 2.45) is 0 Å². The number of likely N-dealkylation sites (tertiary alicyclic amines) is 1. The molecule has 1 aromatic rings. The Kier molecular flexibility index (Phi) is 5.22. The van der Waals surface area contributed by atoms with Crippen LogP contribution in [0.1, 0.15) is 48.3 Å². The number of rotatable bonds is 2. The largest absolute Gasteiger partial charge is 0.465 e. The molecule has 0 saturated carbocycles. The third kappa shape index (κ3) is 3.55. The summed E-state index contributed by atoms with van der Waals surface area (Å²) in [6, 6.07) is 2.69. The van der Waals surface area contributed by atoms with Crippen LogP contribution >= 0.6 is 23.6 Å². The second kappa shape index (κ2) is 6.75. The normalized spacial score (nSPS) is 22.0. The summed E-state index contributed by atoms with van der Waals surface area (Å²) in [6.45, 7) is 6.37. The average Bonchev–Trinajstić information content (AvgIpc) is 2.78. The van der Waals surface area contributed by atoms with E-state index in [1.54, 1.807) is 0 Å². The summed E-state index contributed by atoms with van der Waals surface area (Å²) in [6.07, 6.45) is 3.55. The van der Waals surface area contributed by atoms with Crippen molar-refractivity contribution in [3.05, 3.63) is 16.5 Å². The molecule has 1 aliphatic rings. The van der Waals surface area contributed by atoms with Gasteiger partial charge in [0, 0.05) is 17.0 Å². The van der Waals surface area contributed by atoms with Crippen LogP contribution in [0.2, 0.25) is 0 Å². The lowest BCUT2D eigenvalue weighted by molar-refractivity contribution is 0.0602. The summed E-state index contributed by atoms with van der Waals surface area (Å²) in [4.78, 5) is 15.1. The van der Waals surface area contributed by atoms with E-state index in [-0.39, 0.29) is 5.97 Å². The molecule has 1 fully saturated rings. The predicted octanol–water partition coefficient (Wildman–Crippen LogP) is 3.80. The van der Waals surface area contributed by atoms with E-state index >= 15 is 0 Å². The van der Waals surface area contributed by atoms with E-state index in [1.807, 2.05) is 13.0 Å². The summed E-state index contributed by atoms with van der Waals surface area (Å²) in [5, 5.41) is 4.72. The number of anilines is 1. The summed E-state index contributed by atoms with van der Waals surface area (Å²) in [7, 11) is 1.40. The maximum atomic E-state index is 11.8. The van der Waals surface area contributed by atoms with Crippen molar-refractivity contribution in [3.8, 4) is 0 Å². The van der Waals surface area contributed by atoms with Crippen LogP contribution in [0.15, 0.2) is 6.07 Å². The van der Waals surface area contributed by atoms with Gasteiger partial charge in [0.2, 0.25) is 0 Å². The number of aryl methyl sites for hydroxylation is 1. The monoisotopic (exact) mass is 326 g/mol. The predicted molar refractivity (Wildman–Crippen MR) is 91.2 cm³/mol. The lowest BCUT2D eigenvalue weighted by atomic mass is 9.98. The van der Waals surface area contributed by atoms with Crippen LogP contribution in [0.3, 0.4) is 0 Å². The number of hydrogen-bond acceptors (Lipinski definition) is 4. The number of thiophene rings is 1. The summed E-state index contributed by atoms with van der Waals surface area (Å²) < 4.78 is 4.83. The van der Waals surface area contributed by atoms with Crippen molar-refractivity contribution in [3.63, 3.8) is 0 Å². The highest BCUT2D eigenvalue weighted by molar-refractivity contribution is 7.80. The first-order valence-electron chi connectivity index (χ1n) is 7.22. The van der Waals surface area contributed by atoms with Crippen LogP contribution in [-0.4, -0.2) is 35.2 Å². The molecule has 4 nitrogen and oxygen atoms in total. The Morgan fingerprint density at radius 2 is 2.05 bits per heavy atom. The quantitative estimate of drug-likeness (QED) is 0.661. The molecule has 1 aromatic heterocycles. The number of nitrogens with zero attached hydrogens (tertiary/aromatic N) is 1. The Bertz CT molecular complexity index is 532. The van der Waals surface area contributed by atoms with Crippen LogP contribution in [-0.2, 0) is 4.74 Å². The van der Waals surface area contributed by atoms with E-state index in [9.17, 15) is 4.79 Å². The van der Waals surface area contributed by atoms with E-state index in [0.717, 1.165) is 22.7 Å². The number of ether oxygens (including phenoxy) is 1. The number of nitrogens with one attached hydrogen (secondary N) is 1. The van der Waals surface area contributed by atoms with Crippen LogP contribution in [0.5, 0.6) is 0 Å². The Labute approximate surface area is 135 Å². The standard InChI is InChI=1S/C15H22N2O2S2/c1-9-6-5-7-10(2)17(9)15(20)16-13-12(14(18)19-4)8-11(3)21-13/h8-10H,5-7H2,1-4H3,(H,16,20)/t9-,10+. The fourth-order valence-electron chi connectivity index (χ4n) is 2.85. The van der Waals surface area contributed by atoms with E-state index in [1.165, 1.54) is 24.9 Å². The number of hydrogen-bond donors (Lipinski definition) is 1. The lowest BCUT2D eigenvalue weighted by Gasteiger charge is -2.40. The molecule has 0 bridgehead atoms. The van der Waals surface area contributed by atoms with E-state index < -0.39 is 0 Å². The zero-order valence-electron chi connectivity index (χ0n) is 12.9. The van der Waals surface area contributed by atoms with Crippen molar-refractivity contribution >= 4 is 39.6 Å². The molecule has 1 N–H and O–H groups in total. The maximum Gasteiger partial charge on any atom is 0.340 e. The smallest absolute Gasteiger partial charge is 0.340 e. The van der Waals surface area contributed by atoms with Gasteiger partial charge in [-0.25, -0.2) is 4.79 Å². The van der Waals surface area contributed by atoms with Gasteiger partial charge >= 0.3 is 5.97 Å². The van der Waals surface area contributed by atoms with Crippen molar-refractivity contribution in [1.29, 1.82) is 0 Å². The second-order valence-electron chi connectivity index (χ2n) is 5.56. The average molecular weight is 326 g/mol. The number of carbonyl (C=O) groups excluding carboxylic acids is 1. The topological polar surface area (TPSA) is 41.6 Å². The van der Waals surface area contributed by atoms with Gasteiger partial charge in [-0.05, 0) is 58.3 Å². The minimum atomic E-state index is -0.329. The van der Waals surface area contributed by atoms with Gasteiger partial charge < -0.3 is 15.0 Å². The van der Waals surface area contributed by atoms with E-state index in [4.69, 9.17) is 17.0 Å². The van der Waals surface area contributed by atoms with Gasteiger partial charge in [0.05, 0.1) is 12.7 Å². The molecule has 0 unspecified atom stereocenters.